The zero-order chi connectivity index (χ0) is 15.6. The van der Waals surface area contributed by atoms with Gasteiger partial charge in [0.2, 0.25) is 0 Å². The molecular weight excluding hydrogens is 306 g/mol. The Hall–Kier alpha value is -1.72. The van der Waals surface area contributed by atoms with E-state index in [4.69, 9.17) is 9.82 Å². The second kappa shape index (κ2) is 6.42. The molecule has 0 bridgehead atoms. The van der Waals surface area contributed by atoms with E-state index in [0.717, 1.165) is 17.8 Å². The second-order valence-corrected chi connectivity index (χ2v) is 7.29. The normalized spacial score (nSPS) is 22.8. The van der Waals surface area contributed by atoms with Crippen LogP contribution < -0.4 is 0 Å². The summed E-state index contributed by atoms with van der Waals surface area (Å²) in [6, 6.07) is 10.3. The molecule has 23 heavy (non-hydrogen) atoms. The molecule has 4 rings (SSSR count). The second-order valence-electron chi connectivity index (χ2n) is 6.40. The van der Waals surface area contributed by atoms with E-state index < -0.39 is 0 Å². The van der Waals surface area contributed by atoms with Gasteiger partial charge in [0.25, 0.3) is 0 Å². The number of aromatic nitrogens is 1. The molecule has 120 valence electrons. The first kappa shape index (κ1) is 14.8. The van der Waals surface area contributed by atoms with Crippen molar-refractivity contribution in [2.45, 2.75) is 31.3 Å². The number of rotatable bonds is 3. The van der Waals surface area contributed by atoms with Crippen molar-refractivity contribution in [1.82, 2.24) is 9.88 Å². The zero-order valence-corrected chi connectivity index (χ0v) is 14.1. The lowest BCUT2D eigenvalue weighted by atomic mass is 9.98. The van der Waals surface area contributed by atoms with Crippen molar-refractivity contribution in [3.63, 3.8) is 0 Å². The minimum atomic E-state index is 0.0275. The van der Waals surface area contributed by atoms with Gasteiger partial charge in [-0.05, 0) is 38.5 Å². The molecule has 1 aromatic heterocycles. The smallest absolute Gasteiger partial charge is 0.158 e. The minimum Gasteiger partial charge on any atom is -0.387 e. The summed E-state index contributed by atoms with van der Waals surface area (Å²) in [6.07, 6.45) is 3.25. The summed E-state index contributed by atoms with van der Waals surface area (Å²) < 4.78 is 0. The molecule has 2 aliphatic rings. The fourth-order valence-electron chi connectivity index (χ4n) is 3.24. The maximum absolute atomic E-state index is 5.62. The molecule has 1 unspecified atom stereocenters. The first-order valence-electron chi connectivity index (χ1n) is 8.21. The number of likely N-dealkylation sites (tertiary alicyclic amines) is 1. The molecule has 4 nitrogen and oxygen atoms in total. The van der Waals surface area contributed by atoms with Gasteiger partial charge in [-0.3, -0.25) is 0 Å². The van der Waals surface area contributed by atoms with Crippen LogP contribution in [0.15, 0.2) is 40.9 Å². The predicted molar refractivity (Wildman–Crippen MR) is 93.0 cm³/mol. The Labute approximate surface area is 140 Å². The largest absolute Gasteiger partial charge is 0.387 e. The Morgan fingerprint density at radius 3 is 2.74 bits per heavy atom. The molecule has 1 saturated heterocycles. The van der Waals surface area contributed by atoms with E-state index in [-0.39, 0.29) is 6.10 Å². The third-order valence-corrected chi connectivity index (χ3v) is 5.73. The highest BCUT2D eigenvalue weighted by molar-refractivity contribution is 7.09. The molecule has 0 amide bonds. The van der Waals surface area contributed by atoms with Crippen molar-refractivity contribution in [3.05, 3.63) is 52.0 Å². The first-order valence-corrected chi connectivity index (χ1v) is 9.09. The van der Waals surface area contributed by atoms with Crippen LogP contribution >= 0.6 is 11.3 Å². The molecule has 0 aliphatic carbocycles. The van der Waals surface area contributed by atoms with Gasteiger partial charge in [-0.2, -0.15) is 0 Å². The summed E-state index contributed by atoms with van der Waals surface area (Å²) in [6.45, 7) is 2.33. The monoisotopic (exact) mass is 327 g/mol. The summed E-state index contributed by atoms with van der Waals surface area (Å²) in [5, 5.41) is 7.69. The molecule has 1 aromatic carbocycles. The average Bonchev–Trinajstić information content (AvgIpc) is 3.26. The van der Waals surface area contributed by atoms with Crippen LogP contribution in [0.25, 0.3) is 0 Å². The van der Waals surface area contributed by atoms with E-state index in [1.165, 1.54) is 36.5 Å². The van der Waals surface area contributed by atoms with Crippen molar-refractivity contribution >= 4 is 17.0 Å². The number of nitrogens with zero attached hydrogens (tertiary/aromatic N) is 3. The van der Waals surface area contributed by atoms with E-state index in [1.54, 1.807) is 11.3 Å². The van der Waals surface area contributed by atoms with Gasteiger partial charge >= 0.3 is 0 Å². The summed E-state index contributed by atoms with van der Waals surface area (Å²) in [5.41, 5.74) is 3.16. The highest BCUT2D eigenvalue weighted by Gasteiger charge is 2.27. The average molecular weight is 327 g/mol. The fourth-order valence-corrected chi connectivity index (χ4v) is 4.24. The zero-order valence-electron chi connectivity index (χ0n) is 13.3. The van der Waals surface area contributed by atoms with E-state index in [1.807, 2.05) is 18.2 Å². The van der Waals surface area contributed by atoms with Crippen LogP contribution in [0.5, 0.6) is 0 Å². The number of hydrogen-bond acceptors (Lipinski definition) is 5. The van der Waals surface area contributed by atoms with E-state index in [9.17, 15) is 0 Å². The fraction of sp³-hybridized carbons (Fsp3) is 0.444. The van der Waals surface area contributed by atoms with Gasteiger partial charge in [0.1, 0.15) is 5.71 Å². The van der Waals surface area contributed by atoms with Crippen LogP contribution in [-0.2, 0) is 4.84 Å². The minimum absolute atomic E-state index is 0.0275. The van der Waals surface area contributed by atoms with Gasteiger partial charge < -0.3 is 9.74 Å². The van der Waals surface area contributed by atoms with Crippen LogP contribution in [0.3, 0.4) is 0 Å². The van der Waals surface area contributed by atoms with Crippen LogP contribution in [0.4, 0.5) is 0 Å². The summed E-state index contributed by atoms with van der Waals surface area (Å²) in [4.78, 5) is 12.9. The summed E-state index contributed by atoms with van der Waals surface area (Å²) >= 11 is 1.78. The van der Waals surface area contributed by atoms with E-state index >= 15 is 0 Å². The third kappa shape index (κ3) is 3.16. The Kier molecular flexibility index (Phi) is 4.14. The lowest BCUT2D eigenvalue weighted by Crippen LogP contribution is -2.29. The number of oxime groups is 1. The molecule has 2 aliphatic heterocycles. The molecule has 0 saturated carbocycles. The maximum Gasteiger partial charge on any atom is 0.158 e. The standard InChI is InChI=1S/C18H21N3OS/c1-21-9-7-14(8-10-21)18-19-16(12-23-18)15-11-17(22-20-15)13-5-3-2-4-6-13/h2-6,12,14,17H,7-11H2,1H3. The van der Waals surface area contributed by atoms with Crippen molar-refractivity contribution in [2.75, 3.05) is 20.1 Å². The van der Waals surface area contributed by atoms with Crippen molar-refractivity contribution in [1.29, 1.82) is 0 Å². The van der Waals surface area contributed by atoms with Gasteiger partial charge in [0, 0.05) is 17.7 Å². The predicted octanol–water partition coefficient (Wildman–Crippen LogP) is 3.82. The Bertz CT molecular complexity index is 689. The quantitative estimate of drug-likeness (QED) is 0.860. The van der Waals surface area contributed by atoms with Gasteiger partial charge in [-0.1, -0.05) is 35.5 Å². The van der Waals surface area contributed by atoms with Crippen molar-refractivity contribution in [3.8, 4) is 0 Å². The van der Waals surface area contributed by atoms with Gasteiger partial charge in [0.15, 0.2) is 6.10 Å². The Morgan fingerprint density at radius 1 is 1.17 bits per heavy atom. The Morgan fingerprint density at radius 2 is 1.96 bits per heavy atom. The topological polar surface area (TPSA) is 37.7 Å². The molecule has 0 N–H and O–H groups in total. The molecule has 5 heteroatoms. The Balaban J connectivity index is 1.44. The van der Waals surface area contributed by atoms with Crippen molar-refractivity contribution in [2.24, 2.45) is 5.16 Å². The van der Waals surface area contributed by atoms with E-state index in [0.29, 0.717) is 5.92 Å². The molecule has 0 radical (unpaired) electrons. The lowest BCUT2D eigenvalue weighted by molar-refractivity contribution is 0.0857. The highest BCUT2D eigenvalue weighted by atomic mass is 32.1. The van der Waals surface area contributed by atoms with Crippen LogP contribution in [-0.4, -0.2) is 35.7 Å². The molecule has 0 spiro atoms. The van der Waals surface area contributed by atoms with Crippen LogP contribution in [0, 0.1) is 0 Å². The molecular formula is C18H21N3OS. The SMILES string of the molecule is CN1CCC(c2nc(C3=NOC(c4ccccc4)C3)cs2)CC1. The van der Waals surface area contributed by atoms with E-state index in [2.05, 4.69) is 34.6 Å². The van der Waals surface area contributed by atoms with Crippen LogP contribution in [0.2, 0.25) is 0 Å². The number of piperidine rings is 1. The summed E-state index contributed by atoms with van der Waals surface area (Å²) in [5.74, 6) is 0.609. The number of thiazole rings is 1. The van der Waals surface area contributed by atoms with Gasteiger partial charge in [0.05, 0.1) is 10.7 Å². The third-order valence-electron chi connectivity index (χ3n) is 4.73. The van der Waals surface area contributed by atoms with Gasteiger partial charge in [-0.25, -0.2) is 4.98 Å². The summed E-state index contributed by atoms with van der Waals surface area (Å²) in [7, 11) is 2.19. The highest BCUT2D eigenvalue weighted by Crippen LogP contribution is 2.33. The number of benzene rings is 1. The maximum atomic E-state index is 5.62. The number of hydrogen-bond donors (Lipinski definition) is 0. The molecule has 1 atom stereocenters. The molecule has 3 heterocycles. The molecule has 1 fully saturated rings. The lowest BCUT2D eigenvalue weighted by Gasteiger charge is -2.27. The van der Waals surface area contributed by atoms with Crippen LogP contribution in [0.1, 0.15) is 47.5 Å². The van der Waals surface area contributed by atoms with Gasteiger partial charge in [-0.15, -0.1) is 11.3 Å². The van der Waals surface area contributed by atoms with Crippen molar-refractivity contribution < 1.29 is 4.84 Å². The molecule has 2 aromatic rings. The first-order chi connectivity index (χ1) is 11.3.